The van der Waals surface area contributed by atoms with Crippen LogP contribution in [0, 0.1) is 13.8 Å². The molecule has 0 saturated heterocycles. The fraction of sp³-hybridized carbons (Fsp3) is 0.250. The van der Waals surface area contributed by atoms with Crippen molar-refractivity contribution >= 4 is 24.1 Å². The molecule has 28 heavy (non-hydrogen) atoms. The van der Waals surface area contributed by atoms with Gasteiger partial charge >= 0.3 is 11.9 Å². The van der Waals surface area contributed by atoms with Gasteiger partial charge in [-0.2, -0.15) is 0 Å². The number of aryl methyl sites for hydroxylation is 2. The molecule has 0 heterocycles. The third kappa shape index (κ3) is 8.49. The lowest BCUT2D eigenvalue weighted by Gasteiger charge is -2.01. The van der Waals surface area contributed by atoms with E-state index < -0.39 is 11.9 Å². The van der Waals surface area contributed by atoms with Crippen molar-refractivity contribution in [3.05, 3.63) is 82.9 Å². The van der Waals surface area contributed by atoms with Crippen LogP contribution < -0.4 is 0 Å². The molecule has 0 bridgehead atoms. The maximum Gasteiger partial charge on any atom is 0.355 e. The van der Waals surface area contributed by atoms with Crippen LogP contribution in [0.25, 0.3) is 12.2 Å². The maximum atomic E-state index is 11.6. The molecule has 0 atom stereocenters. The first-order valence-corrected chi connectivity index (χ1v) is 9.39. The van der Waals surface area contributed by atoms with Gasteiger partial charge in [0.25, 0.3) is 0 Å². The monoisotopic (exact) mass is 378 g/mol. The average Bonchev–Trinajstić information content (AvgIpc) is 2.69. The Hall–Kier alpha value is -3.14. The molecular weight excluding hydrogens is 352 g/mol. The van der Waals surface area contributed by atoms with E-state index in [1.165, 1.54) is 11.1 Å². The van der Waals surface area contributed by atoms with Crippen LogP contribution in [0.5, 0.6) is 0 Å². The van der Waals surface area contributed by atoms with Crippen molar-refractivity contribution in [3.63, 3.8) is 0 Å². The summed E-state index contributed by atoms with van der Waals surface area (Å²) in [6.07, 6.45) is 9.02. The van der Waals surface area contributed by atoms with Crippen LogP contribution in [-0.4, -0.2) is 11.9 Å². The number of rotatable bonds is 8. The van der Waals surface area contributed by atoms with Crippen molar-refractivity contribution in [1.82, 2.24) is 0 Å². The van der Waals surface area contributed by atoms with Gasteiger partial charge < -0.3 is 0 Å². The molecular formula is C24H26O4. The van der Waals surface area contributed by atoms with Crippen molar-refractivity contribution in [2.75, 3.05) is 0 Å². The van der Waals surface area contributed by atoms with E-state index in [-0.39, 0.29) is 12.8 Å². The Kier molecular flexibility index (Phi) is 8.73. The number of allylic oxidation sites excluding steroid dienone is 2. The molecule has 0 radical (unpaired) electrons. The molecule has 2 rings (SSSR count). The highest BCUT2D eigenvalue weighted by Crippen LogP contribution is 2.08. The zero-order valence-corrected chi connectivity index (χ0v) is 16.4. The van der Waals surface area contributed by atoms with Crippen molar-refractivity contribution in [1.29, 1.82) is 0 Å². The predicted octanol–water partition coefficient (Wildman–Crippen LogP) is 5.59. The Morgan fingerprint density at radius 2 is 1.04 bits per heavy atom. The van der Waals surface area contributed by atoms with E-state index in [2.05, 4.69) is 9.78 Å². The summed E-state index contributed by atoms with van der Waals surface area (Å²) in [5.74, 6) is -1.12. The molecule has 0 unspecified atom stereocenters. The standard InChI is InChI=1S/C24H26O4/c1-19-11-15-21(16-12-19)7-3-5-9-23(25)27-28-24(26)10-6-4-8-22-17-13-20(2)14-18-22/h3-4,7-8,11-18H,5-6,9-10H2,1-2H3. The minimum absolute atomic E-state index is 0.156. The Labute approximate surface area is 166 Å². The van der Waals surface area contributed by atoms with E-state index in [4.69, 9.17) is 0 Å². The van der Waals surface area contributed by atoms with E-state index in [9.17, 15) is 9.59 Å². The van der Waals surface area contributed by atoms with E-state index in [1.807, 2.05) is 86.7 Å². The molecule has 2 aromatic rings. The van der Waals surface area contributed by atoms with E-state index in [0.717, 1.165) is 11.1 Å². The zero-order valence-electron chi connectivity index (χ0n) is 16.4. The molecule has 0 amide bonds. The van der Waals surface area contributed by atoms with Crippen molar-refractivity contribution < 1.29 is 19.4 Å². The van der Waals surface area contributed by atoms with Gasteiger partial charge in [0.15, 0.2) is 0 Å². The van der Waals surface area contributed by atoms with Crippen LogP contribution >= 0.6 is 0 Å². The molecule has 0 aromatic heterocycles. The topological polar surface area (TPSA) is 52.6 Å². The Balaban J connectivity index is 1.58. The van der Waals surface area contributed by atoms with Crippen LogP contribution in [-0.2, 0) is 19.4 Å². The molecule has 146 valence electrons. The van der Waals surface area contributed by atoms with Crippen LogP contribution in [0.3, 0.4) is 0 Å². The molecule has 2 aromatic carbocycles. The average molecular weight is 378 g/mol. The molecule has 4 nitrogen and oxygen atoms in total. The summed E-state index contributed by atoms with van der Waals surface area (Å²) in [5, 5.41) is 0. The van der Waals surface area contributed by atoms with E-state index in [1.54, 1.807) is 0 Å². The second kappa shape index (κ2) is 11.5. The number of carbonyl (C=O) groups is 2. The van der Waals surface area contributed by atoms with Crippen LogP contribution in [0.1, 0.15) is 47.9 Å². The van der Waals surface area contributed by atoms with Gasteiger partial charge in [0.1, 0.15) is 0 Å². The normalized spacial score (nSPS) is 11.1. The third-order valence-electron chi connectivity index (χ3n) is 4.03. The number of hydrogen-bond acceptors (Lipinski definition) is 4. The molecule has 0 aliphatic heterocycles. The second-order valence-corrected chi connectivity index (χ2v) is 6.61. The smallest absolute Gasteiger partial charge is 0.247 e. The van der Waals surface area contributed by atoms with Crippen molar-refractivity contribution in [2.45, 2.75) is 39.5 Å². The largest absolute Gasteiger partial charge is 0.355 e. The van der Waals surface area contributed by atoms with E-state index >= 15 is 0 Å². The number of benzene rings is 2. The molecule has 0 spiro atoms. The van der Waals surface area contributed by atoms with Crippen LogP contribution in [0.2, 0.25) is 0 Å². The fourth-order valence-corrected chi connectivity index (χ4v) is 2.37. The summed E-state index contributed by atoms with van der Waals surface area (Å²) in [5.41, 5.74) is 4.55. The minimum Gasteiger partial charge on any atom is -0.247 e. The van der Waals surface area contributed by atoms with Gasteiger partial charge in [-0.15, -0.1) is 0 Å². The van der Waals surface area contributed by atoms with Crippen molar-refractivity contribution in [2.24, 2.45) is 0 Å². The molecule has 0 aliphatic carbocycles. The van der Waals surface area contributed by atoms with Crippen LogP contribution in [0.15, 0.2) is 60.7 Å². The summed E-state index contributed by atoms with van der Waals surface area (Å²) < 4.78 is 0. The lowest BCUT2D eigenvalue weighted by molar-refractivity contribution is -0.259. The maximum absolute atomic E-state index is 11.6. The quantitative estimate of drug-likeness (QED) is 0.444. The first-order valence-electron chi connectivity index (χ1n) is 9.39. The highest BCUT2D eigenvalue weighted by molar-refractivity contribution is 5.73. The van der Waals surface area contributed by atoms with E-state index in [0.29, 0.717) is 12.8 Å². The lowest BCUT2D eigenvalue weighted by Crippen LogP contribution is -2.10. The summed E-state index contributed by atoms with van der Waals surface area (Å²) in [4.78, 5) is 32.3. The molecule has 0 aliphatic rings. The highest BCUT2D eigenvalue weighted by Gasteiger charge is 2.08. The number of hydrogen-bond donors (Lipinski definition) is 0. The third-order valence-corrected chi connectivity index (χ3v) is 4.03. The highest BCUT2D eigenvalue weighted by atomic mass is 17.2. The summed E-state index contributed by atoms with van der Waals surface area (Å²) in [6.45, 7) is 4.07. The van der Waals surface area contributed by atoms with Gasteiger partial charge in [0, 0.05) is 0 Å². The first-order chi connectivity index (χ1) is 13.5. The van der Waals surface area contributed by atoms with Crippen LogP contribution in [0.4, 0.5) is 0 Å². The molecule has 0 fully saturated rings. The van der Waals surface area contributed by atoms with Gasteiger partial charge in [-0.1, -0.05) is 84.0 Å². The molecule has 0 saturated carbocycles. The summed E-state index contributed by atoms with van der Waals surface area (Å²) in [6, 6.07) is 16.2. The Morgan fingerprint density at radius 1 is 0.679 bits per heavy atom. The fourth-order valence-electron chi connectivity index (χ4n) is 2.37. The summed E-state index contributed by atoms with van der Waals surface area (Å²) >= 11 is 0. The SMILES string of the molecule is Cc1ccc(C=CCCC(=O)OOC(=O)CCC=Cc2ccc(C)cc2)cc1. The summed E-state index contributed by atoms with van der Waals surface area (Å²) in [7, 11) is 0. The van der Waals surface area contributed by atoms with Gasteiger partial charge in [0.2, 0.25) is 0 Å². The lowest BCUT2D eigenvalue weighted by atomic mass is 10.1. The van der Waals surface area contributed by atoms with Gasteiger partial charge in [-0.25, -0.2) is 19.4 Å². The molecule has 0 N–H and O–H groups in total. The predicted molar refractivity (Wildman–Crippen MR) is 111 cm³/mol. The van der Waals surface area contributed by atoms with Gasteiger partial charge in [-0.3, -0.25) is 0 Å². The molecule has 4 heteroatoms. The zero-order chi connectivity index (χ0) is 20.2. The first kappa shape index (κ1) is 21.2. The van der Waals surface area contributed by atoms with Gasteiger partial charge in [-0.05, 0) is 37.8 Å². The second-order valence-electron chi connectivity index (χ2n) is 6.61. The Bertz CT molecular complexity index is 743. The minimum atomic E-state index is -0.558. The van der Waals surface area contributed by atoms with Gasteiger partial charge in [0.05, 0.1) is 12.8 Å². The number of carbonyl (C=O) groups excluding carboxylic acids is 2. The van der Waals surface area contributed by atoms with Crippen molar-refractivity contribution in [3.8, 4) is 0 Å². The Morgan fingerprint density at radius 3 is 1.39 bits per heavy atom.